The van der Waals surface area contributed by atoms with Gasteiger partial charge in [-0.25, -0.2) is 4.79 Å². The van der Waals surface area contributed by atoms with Crippen LogP contribution in [0, 0.1) is 0 Å². The largest absolute Gasteiger partial charge is 0.444 e. The summed E-state index contributed by atoms with van der Waals surface area (Å²) >= 11 is 3.47. The van der Waals surface area contributed by atoms with Gasteiger partial charge in [0.25, 0.3) is 0 Å². The molecule has 0 saturated heterocycles. The number of nitrogens with one attached hydrogen (secondary N) is 2. The summed E-state index contributed by atoms with van der Waals surface area (Å²) in [5.74, 6) is 0. The molecule has 2 atom stereocenters. The Morgan fingerprint density at radius 3 is 2.67 bits per heavy atom. The minimum atomic E-state index is -0.448. The second-order valence-electron chi connectivity index (χ2n) is 6.51. The van der Waals surface area contributed by atoms with E-state index in [1.807, 2.05) is 32.9 Å². The Hall–Kier alpha value is -1.23. The van der Waals surface area contributed by atoms with Crippen molar-refractivity contribution in [3.8, 4) is 0 Å². The second kappa shape index (κ2) is 6.69. The van der Waals surface area contributed by atoms with Gasteiger partial charge in [-0.1, -0.05) is 22.0 Å². The predicted molar refractivity (Wildman–Crippen MR) is 88.6 cm³/mol. The van der Waals surface area contributed by atoms with Crippen LogP contribution in [0.5, 0.6) is 0 Å². The summed E-state index contributed by atoms with van der Waals surface area (Å²) in [7, 11) is 0. The van der Waals surface area contributed by atoms with Crippen LogP contribution in [0.1, 0.15) is 40.0 Å². The van der Waals surface area contributed by atoms with Crippen LogP contribution >= 0.6 is 15.9 Å². The minimum Gasteiger partial charge on any atom is -0.444 e. The zero-order valence-corrected chi connectivity index (χ0v) is 14.4. The highest BCUT2D eigenvalue weighted by Crippen LogP contribution is 2.25. The lowest BCUT2D eigenvalue weighted by atomic mass is 10.2. The van der Waals surface area contributed by atoms with Crippen molar-refractivity contribution < 1.29 is 9.53 Å². The van der Waals surface area contributed by atoms with E-state index in [4.69, 9.17) is 4.74 Å². The highest BCUT2D eigenvalue weighted by molar-refractivity contribution is 9.10. The zero-order valence-electron chi connectivity index (χ0n) is 12.8. The molecule has 0 aliphatic heterocycles. The molecule has 0 spiro atoms. The van der Waals surface area contributed by atoms with Crippen LogP contribution in [0.4, 0.5) is 10.5 Å². The first-order valence-electron chi connectivity index (χ1n) is 7.33. The van der Waals surface area contributed by atoms with Crippen molar-refractivity contribution in [2.45, 2.75) is 57.7 Å². The number of carbonyl (C=O) groups is 1. The van der Waals surface area contributed by atoms with Crippen LogP contribution in [0.25, 0.3) is 0 Å². The Morgan fingerprint density at radius 1 is 1.29 bits per heavy atom. The summed E-state index contributed by atoms with van der Waals surface area (Å²) in [5, 5.41) is 6.46. The smallest absolute Gasteiger partial charge is 0.407 e. The molecule has 0 bridgehead atoms. The van der Waals surface area contributed by atoms with Gasteiger partial charge in [-0.3, -0.25) is 0 Å². The first-order valence-corrected chi connectivity index (χ1v) is 8.13. The third kappa shape index (κ3) is 5.58. The molecule has 0 radical (unpaired) electrons. The van der Waals surface area contributed by atoms with Crippen molar-refractivity contribution in [2.24, 2.45) is 0 Å². The monoisotopic (exact) mass is 354 g/mol. The van der Waals surface area contributed by atoms with Crippen LogP contribution in [0.15, 0.2) is 28.7 Å². The second-order valence-corrected chi connectivity index (χ2v) is 7.42. The van der Waals surface area contributed by atoms with Crippen molar-refractivity contribution in [3.05, 3.63) is 28.7 Å². The molecule has 0 aromatic heterocycles. The number of hydrogen-bond donors (Lipinski definition) is 2. The summed E-state index contributed by atoms with van der Waals surface area (Å²) in [6.45, 7) is 5.62. The summed E-state index contributed by atoms with van der Waals surface area (Å²) in [6, 6.07) is 8.71. The maximum atomic E-state index is 11.8. The molecular formula is C16H23BrN2O2. The quantitative estimate of drug-likeness (QED) is 0.850. The van der Waals surface area contributed by atoms with Gasteiger partial charge < -0.3 is 15.4 Å². The molecule has 4 nitrogen and oxygen atoms in total. The lowest BCUT2D eigenvalue weighted by Gasteiger charge is -2.22. The first-order chi connectivity index (χ1) is 9.82. The zero-order chi connectivity index (χ0) is 15.5. The summed E-state index contributed by atoms with van der Waals surface area (Å²) < 4.78 is 6.36. The molecule has 1 saturated carbocycles. The van der Waals surface area contributed by atoms with Crippen molar-refractivity contribution in [1.82, 2.24) is 5.32 Å². The van der Waals surface area contributed by atoms with E-state index in [0.29, 0.717) is 6.04 Å². The summed E-state index contributed by atoms with van der Waals surface area (Å²) in [5.41, 5.74) is 0.656. The van der Waals surface area contributed by atoms with Gasteiger partial charge in [-0.15, -0.1) is 0 Å². The van der Waals surface area contributed by atoms with E-state index >= 15 is 0 Å². The fourth-order valence-electron chi connectivity index (χ4n) is 2.53. The Bertz CT molecular complexity index is 499. The van der Waals surface area contributed by atoms with Crippen LogP contribution in [0.2, 0.25) is 0 Å². The minimum absolute atomic E-state index is 0.185. The third-order valence-electron chi connectivity index (χ3n) is 3.35. The molecular weight excluding hydrogens is 332 g/mol. The molecule has 2 unspecified atom stereocenters. The van der Waals surface area contributed by atoms with E-state index < -0.39 is 5.60 Å². The topological polar surface area (TPSA) is 50.4 Å². The average Bonchev–Trinajstić information content (AvgIpc) is 2.73. The van der Waals surface area contributed by atoms with E-state index in [2.05, 4.69) is 38.7 Å². The maximum absolute atomic E-state index is 11.8. The highest BCUT2D eigenvalue weighted by atomic mass is 79.9. The van der Waals surface area contributed by atoms with Crippen molar-refractivity contribution in [2.75, 3.05) is 5.32 Å². The van der Waals surface area contributed by atoms with Gasteiger partial charge in [0.1, 0.15) is 5.60 Å². The molecule has 1 aromatic carbocycles. The van der Waals surface area contributed by atoms with Gasteiger partial charge in [-0.05, 0) is 58.2 Å². The van der Waals surface area contributed by atoms with Crippen LogP contribution < -0.4 is 10.6 Å². The Morgan fingerprint density at radius 2 is 2.00 bits per heavy atom. The Balaban J connectivity index is 1.80. The number of halogens is 1. The predicted octanol–water partition coefficient (Wildman–Crippen LogP) is 4.31. The number of amides is 1. The normalized spacial score (nSPS) is 21.9. The van der Waals surface area contributed by atoms with Crippen LogP contribution in [-0.4, -0.2) is 23.8 Å². The van der Waals surface area contributed by atoms with Crippen molar-refractivity contribution in [3.63, 3.8) is 0 Å². The molecule has 2 rings (SSSR count). The van der Waals surface area contributed by atoms with Gasteiger partial charge >= 0.3 is 6.09 Å². The third-order valence-corrected chi connectivity index (χ3v) is 3.84. The van der Waals surface area contributed by atoms with E-state index in [-0.39, 0.29) is 12.1 Å². The molecule has 2 N–H and O–H groups in total. The van der Waals surface area contributed by atoms with E-state index in [9.17, 15) is 4.79 Å². The standard InChI is InChI=1S/C16H23BrN2O2/c1-16(2,3)21-15(20)19-14-8-7-13(10-14)18-12-6-4-5-11(17)9-12/h4-6,9,13-14,18H,7-8,10H2,1-3H3,(H,19,20). The molecule has 1 fully saturated rings. The van der Waals surface area contributed by atoms with Gasteiger partial charge in [0, 0.05) is 22.2 Å². The maximum Gasteiger partial charge on any atom is 0.407 e. The van der Waals surface area contributed by atoms with E-state index in [1.165, 1.54) is 0 Å². The fraction of sp³-hybridized carbons (Fsp3) is 0.562. The Labute approximate surface area is 134 Å². The average molecular weight is 355 g/mol. The summed E-state index contributed by atoms with van der Waals surface area (Å²) in [4.78, 5) is 11.8. The van der Waals surface area contributed by atoms with Crippen LogP contribution in [0.3, 0.4) is 0 Å². The molecule has 1 aliphatic rings. The molecule has 0 heterocycles. The van der Waals surface area contributed by atoms with Crippen LogP contribution in [-0.2, 0) is 4.74 Å². The highest BCUT2D eigenvalue weighted by Gasteiger charge is 2.27. The molecule has 5 heteroatoms. The SMILES string of the molecule is CC(C)(C)OC(=O)NC1CCC(Nc2cccc(Br)c2)C1. The van der Waals surface area contributed by atoms with E-state index in [1.54, 1.807) is 0 Å². The molecule has 1 aliphatic carbocycles. The lowest BCUT2D eigenvalue weighted by Crippen LogP contribution is -2.38. The number of hydrogen-bond acceptors (Lipinski definition) is 3. The molecule has 116 valence electrons. The fourth-order valence-corrected chi connectivity index (χ4v) is 2.93. The Kier molecular flexibility index (Phi) is 5.14. The number of benzene rings is 1. The molecule has 1 amide bonds. The number of anilines is 1. The van der Waals surface area contributed by atoms with Gasteiger partial charge in [0.05, 0.1) is 0 Å². The van der Waals surface area contributed by atoms with Gasteiger partial charge in [-0.2, -0.15) is 0 Å². The number of rotatable bonds is 3. The number of alkyl carbamates (subject to hydrolysis) is 1. The van der Waals surface area contributed by atoms with Crippen molar-refractivity contribution in [1.29, 1.82) is 0 Å². The number of ether oxygens (including phenoxy) is 1. The lowest BCUT2D eigenvalue weighted by molar-refractivity contribution is 0.0505. The van der Waals surface area contributed by atoms with E-state index in [0.717, 1.165) is 29.4 Å². The molecule has 1 aromatic rings. The van der Waals surface area contributed by atoms with Gasteiger partial charge in [0.15, 0.2) is 0 Å². The number of carbonyl (C=O) groups excluding carboxylic acids is 1. The summed E-state index contributed by atoms with van der Waals surface area (Å²) in [6.07, 6.45) is 2.62. The first kappa shape index (κ1) is 16.1. The van der Waals surface area contributed by atoms with Crippen molar-refractivity contribution >= 4 is 27.7 Å². The molecule has 21 heavy (non-hydrogen) atoms. The van der Waals surface area contributed by atoms with Gasteiger partial charge in [0.2, 0.25) is 0 Å².